The van der Waals surface area contributed by atoms with E-state index in [-0.39, 0.29) is 6.04 Å². The highest BCUT2D eigenvalue weighted by Crippen LogP contribution is 2.25. The zero-order valence-electron chi connectivity index (χ0n) is 10.7. The molecule has 0 aliphatic heterocycles. The van der Waals surface area contributed by atoms with Gasteiger partial charge in [-0.15, -0.1) is 0 Å². The van der Waals surface area contributed by atoms with E-state index < -0.39 is 0 Å². The lowest BCUT2D eigenvalue weighted by Crippen LogP contribution is -2.06. The van der Waals surface area contributed by atoms with Gasteiger partial charge in [0.1, 0.15) is 5.82 Å². The molecule has 96 valence electrons. The maximum atomic E-state index is 5.89. The first-order valence-electron chi connectivity index (χ1n) is 6.21. The Labute approximate surface area is 116 Å². The van der Waals surface area contributed by atoms with Crippen molar-refractivity contribution in [1.82, 2.24) is 9.55 Å². The zero-order valence-corrected chi connectivity index (χ0v) is 12.3. The molecule has 1 aromatic heterocycles. The second kappa shape index (κ2) is 5.67. The summed E-state index contributed by atoms with van der Waals surface area (Å²) in [7, 11) is 0. The van der Waals surface area contributed by atoms with Gasteiger partial charge in [-0.2, -0.15) is 0 Å². The average molecular weight is 308 g/mol. The van der Waals surface area contributed by atoms with Crippen molar-refractivity contribution in [3.8, 4) is 5.69 Å². The second-order valence-corrected chi connectivity index (χ2v) is 5.32. The van der Waals surface area contributed by atoms with Gasteiger partial charge in [-0.1, -0.05) is 13.0 Å². The Morgan fingerprint density at radius 3 is 2.83 bits per heavy atom. The van der Waals surface area contributed by atoms with Crippen molar-refractivity contribution in [2.45, 2.75) is 32.7 Å². The van der Waals surface area contributed by atoms with E-state index in [9.17, 15) is 0 Å². The molecular weight excluding hydrogens is 290 g/mol. The van der Waals surface area contributed by atoms with E-state index in [1.165, 1.54) is 0 Å². The van der Waals surface area contributed by atoms with Crippen LogP contribution in [0.15, 0.2) is 35.1 Å². The Bertz CT molecular complexity index is 532. The minimum atomic E-state index is 0.0493. The van der Waals surface area contributed by atoms with E-state index in [0.29, 0.717) is 0 Å². The van der Waals surface area contributed by atoms with Crippen molar-refractivity contribution >= 4 is 15.9 Å². The van der Waals surface area contributed by atoms with Gasteiger partial charge >= 0.3 is 0 Å². The number of hydrogen-bond acceptors (Lipinski definition) is 2. The predicted octanol–water partition coefficient (Wildman–Crippen LogP) is 3.61. The van der Waals surface area contributed by atoms with Crippen molar-refractivity contribution in [1.29, 1.82) is 0 Å². The largest absolute Gasteiger partial charge is 0.324 e. The van der Waals surface area contributed by atoms with Gasteiger partial charge in [0, 0.05) is 29.3 Å². The number of aryl methyl sites for hydroxylation is 1. The highest BCUT2D eigenvalue weighted by molar-refractivity contribution is 9.10. The van der Waals surface area contributed by atoms with E-state index in [4.69, 9.17) is 5.73 Å². The molecule has 0 spiro atoms. The van der Waals surface area contributed by atoms with Crippen molar-refractivity contribution in [3.05, 3.63) is 46.5 Å². The summed E-state index contributed by atoms with van der Waals surface area (Å²) in [6.45, 7) is 4.15. The summed E-state index contributed by atoms with van der Waals surface area (Å²) in [5.41, 5.74) is 8.13. The van der Waals surface area contributed by atoms with Crippen LogP contribution in [0.5, 0.6) is 0 Å². The van der Waals surface area contributed by atoms with Gasteiger partial charge in [-0.05, 0) is 47.0 Å². The van der Waals surface area contributed by atoms with Crippen LogP contribution in [-0.2, 0) is 6.42 Å². The molecule has 1 aromatic carbocycles. The third-order valence-electron chi connectivity index (χ3n) is 2.95. The highest BCUT2D eigenvalue weighted by atomic mass is 79.9. The van der Waals surface area contributed by atoms with Crippen molar-refractivity contribution < 1.29 is 0 Å². The topological polar surface area (TPSA) is 43.8 Å². The number of imidazole rings is 1. The van der Waals surface area contributed by atoms with Gasteiger partial charge in [0.25, 0.3) is 0 Å². The quantitative estimate of drug-likeness (QED) is 0.937. The lowest BCUT2D eigenvalue weighted by Gasteiger charge is -2.12. The summed E-state index contributed by atoms with van der Waals surface area (Å²) < 4.78 is 3.17. The van der Waals surface area contributed by atoms with Crippen molar-refractivity contribution in [2.24, 2.45) is 5.73 Å². The third kappa shape index (κ3) is 2.65. The predicted molar refractivity (Wildman–Crippen MR) is 77.9 cm³/mol. The summed E-state index contributed by atoms with van der Waals surface area (Å²) in [5.74, 6) is 1.09. The van der Waals surface area contributed by atoms with Crippen LogP contribution in [0.2, 0.25) is 0 Å². The Morgan fingerprint density at radius 2 is 2.22 bits per heavy atom. The molecule has 1 atom stereocenters. The maximum absolute atomic E-state index is 5.89. The Balaban J connectivity index is 2.41. The second-order valence-electron chi connectivity index (χ2n) is 4.46. The summed E-state index contributed by atoms with van der Waals surface area (Å²) in [5, 5.41) is 0. The molecular formula is C14H18BrN3. The molecule has 4 heteroatoms. The molecule has 0 unspecified atom stereocenters. The molecule has 0 aliphatic carbocycles. The first-order chi connectivity index (χ1) is 8.63. The van der Waals surface area contributed by atoms with E-state index >= 15 is 0 Å². The average Bonchev–Trinajstić information content (AvgIpc) is 2.77. The summed E-state index contributed by atoms with van der Waals surface area (Å²) >= 11 is 3.62. The van der Waals surface area contributed by atoms with Gasteiger partial charge in [0.15, 0.2) is 0 Å². The lowest BCUT2D eigenvalue weighted by atomic mass is 10.1. The summed E-state index contributed by atoms with van der Waals surface area (Å²) in [6, 6.07) is 6.29. The number of benzene rings is 1. The SMILES string of the molecule is CCCc1nccn1-c1ccc([C@@H](C)N)cc1Br. The van der Waals surface area contributed by atoms with E-state index in [2.05, 4.69) is 50.6 Å². The van der Waals surface area contributed by atoms with Crippen LogP contribution < -0.4 is 5.73 Å². The number of hydrogen-bond donors (Lipinski definition) is 1. The fraction of sp³-hybridized carbons (Fsp3) is 0.357. The molecule has 2 N–H and O–H groups in total. The molecule has 2 aromatic rings. The van der Waals surface area contributed by atoms with Crippen LogP contribution in [0.25, 0.3) is 5.69 Å². The standard InChI is InChI=1S/C14H18BrN3/c1-3-4-14-17-7-8-18(14)13-6-5-11(10(2)16)9-12(13)15/h5-10H,3-4,16H2,1-2H3/t10-/m1/s1. The number of nitrogens with zero attached hydrogens (tertiary/aromatic N) is 2. The molecule has 0 saturated carbocycles. The van der Waals surface area contributed by atoms with Crippen LogP contribution in [0.1, 0.15) is 37.7 Å². The maximum Gasteiger partial charge on any atom is 0.113 e. The molecule has 0 aliphatic rings. The van der Waals surface area contributed by atoms with Crippen LogP contribution in [0, 0.1) is 0 Å². The van der Waals surface area contributed by atoms with E-state index in [0.717, 1.165) is 34.4 Å². The molecule has 2 rings (SSSR count). The fourth-order valence-electron chi connectivity index (χ4n) is 1.96. The number of nitrogens with two attached hydrogens (primary N) is 1. The van der Waals surface area contributed by atoms with Crippen molar-refractivity contribution in [3.63, 3.8) is 0 Å². The minimum Gasteiger partial charge on any atom is -0.324 e. The van der Waals surface area contributed by atoms with Gasteiger partial charge in [-0.25, -0.2) is 4.98 Å². The van der Waals surface area contributed by atoms with Crippen molar-refractivity contribution in [2.75, 3.05) is 0 Å². The number of aromatic nitrogens is 2. The molecule has 0 saturated heterocycles. The lowest BCUT2D eigenvalue weighted by molar-refractivity contribution is 0.800. The number of halogens is 1. The first-order valence-corrected chi connectivity index (χ1v) is 7.00. The molecule has 0 amide bonds. The molecule has 3 nitrogen and oxygen atoms in total. The van der Waals surface area contributed by atoms with Gasteiger partial charge < -0.3 is 10.3 Å². The van der Waals surface area contributed by atoms with E-state index in [1.807, 2.05) is 19.3 Å². The molecule has 0 radical (unpaired) electrons. The third-order valence-corrected chi connectivity index (χ3v) is 3.58. The van der Waals surface area contributed by atoms with E-state index in [1.54, 1.807) is 0 Å². The first kappa shape index (κ1) is 13.3. The number of rotatable bonds is 4. The minimum absolute atomic E-state index is 0.0493. The molecule has 18 heavy (non-hydrogen) atoms. The summed E-state index contributed by atoms with van der Waals surface area (Å²) in [4.78, 5) is 4.40. The Kier molecular flexibility index (Phi) is 4.19. The van der Waals surface area contributed by atoms with Gasteiger partial charge in [-0.3, -0.25) is 0 Å². The molecule has 0 fully saturated rings. The van der Waals surface area contributed by atoms with Crippen LogP contribution >= 0.6 is 15.9 Å². The monoisotopic (exact) mass is 307 g/mol. The van der Waals surface area contributed by atoms with Gasteiger partial charge in [0.2, 0.25) is 0 Å². The zero-order chi connectivity index (χ0) is 13.1. The molecule has 1 heterocycles. The fourth-order valence-corrected chi connectivity index (χ4v) is 2.55. The smallest absolute Gasteiger partial charge is 0.113 e. The van der Waals surface area contributed by atoms with Crippen LogP contribution in [-0.4, -0.2) is 9.55 Å². The van der Waals surface area contributed by atoms with Crippen LogP contribution in [0.4, 0.5) is 0 Å². The normalized spacial score (nSPS) is 12.7. The Morgan fingerprint density at radius 1 is 1.44 bits per heavy atom. The van der Waals surface area contributed by atoms with Crippen LogP contribution in [0.3, 0.4) is 0 Å². The Hall–Kier alpha value is -1.13. The highest BCUT2D eigenvalue weighted by Gasteiger charge is 2.09. The molecule has 0 bridgehead atoms. The van der Waals surface area contributed by atoms with Gasteiger partial charge in [0.05, 0.1) is 5.69 Å². The summed E-state index contributed by atoms with van der Waals surface area (Å²) in [6.07, 6.45) is 5.91.